The van der Waals surface area contributed by atoms with Gasteiger partial charge in [0.1, 0.15) is 11.4 Å². The van der Waals surface area contributed by atoms with Crippen molar-refractivity contribution in [1.82, 2.24) is 20.8 Å². The molecule has 4 rings (SSSR count). The highest BCUT2D eigenvalue weighted by molar-refractivity contribution is 6.12. The SMILES string of the molecule is O=C(CCCCC(=O)N/N=C(\c1ccccc1)c1ccccn1)N/N=C(/c1ccccc1)c1ccccn1. The van der Waals surface area contributed by atoms with Gasteiger partial charge in [-0.2, -0.15) is 10.2 Å². The fourth-order valence-corrected chi connectivity index (χ4v) is 3.66. The molecule has 0 aliphatic rings. The summed E-state index contributed by atoms with van der Waals surface area (Å²) in [4.78, 5) is 33.5. The van der Waals surface area contributed by atoms with Crippen LogP contribution in [0.5, 0.6) is 0 Å². The molecule has 0 aliphatic heterocycles. The summed E-state index contributed by atoms with van der Waals surface area (Å²) in [5.74, 6) is -0.455. The highest BCUT2D eigenvalue weighted by Gasteiger charge is 2.11. The van der Waals surface area contributed by atoms with Gasteiger partial charge in [-0.25, -0.2) is 10.9 Å². The number of unbranched alkanes of at least 4 members (excludes halogenated alkanes) is 1. The number of amides is 2. The zero-order valence-corrected chi connectivity index (χ0v) is 20.8. The smallest absolute Gasteiger partial charge is 0.240 e. The van der Waals surface area contributed by atoms with Crippen LogP contribution >= 0.6 is 0 Å². The molecule has 8 nitrogen and oxygen atoms in total. The van der Waals surface area contributed by atoms with Gasteiger partial charge < -0.3 is 0 Å². The molecule has 38 heavy (non-hydrogen) atoms. The first-order valence-corrected chi connectivity index (χ1v) is 12.4. The summed E-state index contributed by atoms with van der Waals surface area (Å²) in [6.45, 7) is 0. The summed E-state index contributed by atoms with van der Waals surface area (Å²) in [7, 11) is 0. The molecule has 8 heteroatoms. The number of benzene rings is 2. The van der Waals surface area contributed by atoms with Crippen LogP contribution in [0.4, 0.5) is 0 Å². The van der Waals surface area contributed by atoms with Crippen LogP contribution in [-0.2, 0) is 9.59 Å². The molecule has 0 fully saturated rings. The average Bonchev–Trinajstić information content (AvgIpc) is 2.98. The highest BCUT2D eigenvalue weighted by atomic mass is 16.2. The molecule has 0 aliphatic carbocycles. The van der Waals surface area contributed by atoms with Crippen molar-refractivity contribution >= 4 is 23.2 Å². The number of hydrazone groups is 2. The number of carbonyl (C=O) groups is 2. The Balaban J connectivity index is 1.28. The fourth-order valence-electron chi connectivity index (χ4n) is 3.66. The number of hydrogen-bond acceptors (Lipinski definition) is 6. The third-order valence-electron chi connectivity index (χ3n) is 5.55. The van der Waals surface area contributed by atoms with Crippen LogP contribution in [0.15, 0.2) is 120 Å². The Morgan fingerprint density at radius 2 is 0.947 bits per heavy atom. The second-order valence-electron chi connectivity index (χ2n) is 8.36. The van der Waals surface area contributed by atoms with E-state index < -0.39 is 0 Å². The highest BCUT2D eigenvalue weighted by Crippen LogP contribution is 2.10. The van der Waals surface area contributed by atoms with E-state index in [1.54, 1.807) is 12.4 Å². The Labute approximate surface area is 221 Å². The summed E-state index contributed by atoms with van der Waals surface area (Å²) in [6, 6.07) is 30.2. The molecule has 2 amide bonds. The summed E-state index contributed by atoms with van der Waals surface area (Å²) in [6.07, 6.45) is 4.93. The molecule has 2 aromatic carbocycles. The quantitative estimate of drug-likeness (QED) is 0.178. The lowest BCUT2D eigenvalue weighted by molar-refractivity contribution is -0.123. The Morgan fingerprint density at radius 3 is 1.32 bits per heavy atom. The number of aromatic nitrogens is 2. The predicted molar refractivity (Wildman–Crippen MR) is 147 cm³/mol. The van der Waals surface area contributed by atoms with E-state index in [2.05, 4.69) is 31.0 Å². The minimum absolute atomic E-state index is 0.227. The molecular formula is C30H28N6O2. The van der Waals surface area contributed by atoms with E-state index in [1.807, 2.05) is 97.1 Å². The Kier molecular flexibility index (Phi) is 9.57. The standard InChI is InChI=1S/C30H28N6O2/c37-27(33-35-29(23-13-3-1-4-14-23)25-17-9-11-21-31-25)19-7-8-20-28(38)34-36-30(24-15-5-2-6-16-24)26-18-10-12-22-32-26/h1-6,9-18,21-22H,7-8,19-20H2,(H,33,37)(H,34,38)/b35-29-,36-30+. The van der Waals surface area contributed by atoms with E-state index in [9.17, 15) is 9.59 Å². The maximum Gasteiger partial charge on any atom is 0.240 e. The molecule has 2 heterocycles. The molecule has 0 saturated heterocycles. The zero-order valence-electron chi connectivity index (χ0n) is 20.8. The van der Waals surface area contributed by atoms with E-state index in [4.69, 9.17) is 0 Å². The Bertz CT molecular complexity index is 1180. The van der Waals surface area contributed by atoms with Crippen molar-refractivity contribution in [3.05, 3.63) is 132 Å². The Morgan fingerprint density at radius 1 is 0.553 bits per heavy atom. The number of nitrogens with zero attached hydrogens (tertiary/aromatic N) is 4. The topological polar surface area (TPSA) is 109 Å². The van der Waals surface area contributed by atoms with Gasteiger partial charge in [-0.3, -0.25) is 19.6 Å². The van der Waals surface area contributed by atoms with Gasteiger partial charge in [0, 0.05) is 36.4 Å². The molecule has 190 valence electrons. The lowest BCUT2D eigenvalue weighted by Gasteiger charge is -2.08. The van der Waals surface area contributed by atoms with Gasteiger partial charge in [-0.15, -0.1) is 0 Å². The average molecular weight is 505 g/mol. The summed E-state index contributed by atoms with van der Waals surface area (Å²) < 4.78 is 0. The minimum Gasteiger partial charge on any atom is -0.273 e. The van der Waals surface area contributed by atoms with Gasteiger partial charge in [0.25, 0.3) is 0 Å². The third kappa shape index (κ3) is 7.76. The summed E-state index contributed by atoms with van der Waals surface area (Å²) in [5, 5.41) is 8.67. The van der Waals surface area contributed by atoms with E-state index in [1.165, 1.54) is 0 Å². The van der Waals surface area contributed by atoms with Crippen molar-refractivity contribution in [2.45, 2.75) is 25.7 Å². The van der Waals surface area contributed by atoms with Crippen molar-refractivity contribution < 1.29 is 9.59 Å². The van der Waals surface area contributed by atoms with Crippen LogP contribution in [0.2, 0.25) is 0 Å². The van der Waals surface area contributed by atoms with Crippen LogP contribution in [0, 0.1) is 0 Å². The first-order chi connectivity index (χ1) is 18.7. The second kappa shape index (κ2) is 13.9. The van der Waals surface area contributed by atoms with Gasteiger partial charge in [0.2, 0.25) is 11.8 Å². The van der Waals surface area contributed by atoms with Crippen molar-refractivity contribution in [2.75, 3.05) is 0 Å². The number of pyridine rings is 2. The third-order valence-corrected chi connectivity index (χ3v) is 5.55. The molecule has 0 saturated carbocycles. The van der Waals surface area contributed by atoms with Crippen molar-refractivity contribution in [1.29, 1.82) is 0 Å². The first kappa shape index (κ1) is 26.1. The van der Waals surface area contributed by atoms with Crippen LogP contribution in [0.1, 0.15) is 48.2 Å². The molecule has 0 radical (unpaired) electrons. The number of nitrogens with one attached hydrogen (secondary N) is 2. The van der Waals surface area contributed by atoms with Crippen LogP contribution in [0.3, 0.4) is 0 Å². The maximum atomic E-state index is 12.4. The van der Waals surface area contributed by atoms with Gasteiger partial charge >= 0.3 is 0 Å². The normalized spacial score (nSPS) is 11.6. The van der Waals surface area contributed by atoms with E-state index in [0.29, 0.717) is 35.7 Å². The molecule has 0 bridgehead atoms. The molecule has 0 spiro atoms. The zero-order chi connectivity index (χ0) is 26.4. The maximum absolute atomic E-state index is 12.4. The van der Waals surface area contributed by atoms with Crippen molar-refractivity contribution in [3.8, 4) is 0 Å². The van der Waals surface area contributed by atoms with Crippen molar-refractivity contribution in [3.63, 3.8) is 0 Å². The van der Waals surface area contributed by atoms with Gasteiger partial charge in [0.05, 0.1) is 11.4 Å². The van der Waals surface area contributed by atoms with Crippen LogP contribution < -0.4 is 10.9 Å². The molecule has 0 atom stereocenters. The van der Waals surface area contributed by atoms with Gasteiger partial charge in [-0.05, 0) is 37.1 Å². The van der Waals surface area contributed by atoms with Gasteiger partial charge in [-0.1, -0.05) is 72.8 Å². The molecule has 0 unspecified atom stereocenters. The van der Waals surface area contributed by atoms with Crippen LogP contribution in [-0.4, -0.2) is 33.2 Å². The summed E-state index contributed by atoms with van der Waals surface area (Å²) >= 11 is 0. The van der Waals surface area contributed by atoms with E-state index >= 15 is 0 Å². The lowest BCUT2D eigenvalue weighted by Crippen LogP contribution is -2.22. The van der Waals surface area contributed by atoms with E-state index in [-0.39, 0.29) is 24.7 Å². The molecule has 2 N–H and O–H groups in total. The van der Waals surface area contributed by atoms with Gasteiger partial charge in [0.15, 0.2) is 0 Å². The lowest BCUT2D eigenvalue weighted by atomic mass is 10.1. The number of carbonyl (C=O) groups excluding carboxylic acids is 2. The minimum atomic E-state index is -0.227. The largest absolute Gasteiger partial charge is 0.273 e. The van der Waals surface area contributed by atoms with E-state index in [0.717, 1.165) is 11.1 Å². The molecule has 2 aromatic heterocycles. The molecular weight excluding hydrogens is 476 g/mol. The second-order valence-corrected chi connectivity index (χ2v) is 8.36. The predicted octanol–water partition coefficient (Wildman–Crippen LogP) is 4.47. The fraction of sp³-hybridized carbons (Fsp3) is 0.133. The summed E-state index contributed by atoms with van der Waals surface area (Å²) in [5.41, 5.74) is 9.44. The number of hydrogen-bond donors (Lipinski definition) is 2. The monoisotopic (exact) mass is 504 g/mol. The van der Waals surface area contributed by atoms with Crippen LogP contribution in [0.25, 0.3) is 0 Å². The Hall–Kier alpha value is -4.98. The molecule has 4 aromatic rings. The number of rotatable bonds is 11. The first-order valence-electron chi connectivity index (χ1n) is 12.4. The van der Waals surface area contributed by atoms with Crippen molar-refractivity contribution in [2.24, 2.45) is 10.2 Å².